The Bertz CT molecular complexity index is 1100. The second kappa shape index (κ2) is 15.8. The number of azide groups is 2. The Hall–Kier alpha value is -4.54. The minimum atomic E-state index is -1.34. The van der Waals surface area contributed by atoms with Crippen LogP contribution in [0.5, 0.6) is 0 Å². The smallest absolute Gasteiger partial charge is 0.410 e. The van der Waals surface area contributed by atoms with E-state index in [0.29, 0.717) is 25.9 Å². The van der Waals surface area contributed by atoms with Gasteiger partial charge in [-0.2, -0.15) is 0 Å². The lowest BCUT2D eigenvalue weighted by Gasteiger charge is -2.31. The third kappa shape index (κ3) is 9.33. The van der Waals surface area contributed by atoms with Gasteiger partial charge in [-0.1, -0.05) is 70.9 Å². The molecule has 4 atom stereocenters. The number of amides is 2. The summed E-state index contributed by atoms with van der Waals surface area (Å²) in [7, 11) is 0. The van der Waals surface area contributed by atoms with Crippen molar-refractivity contribution in [2.75, 3.05) is 26.2 Å². The van der Waals surface area contributed by atoms with Crippen molar-refractivity contribution in [3.63, 3.8) is 0 Å². The van der Waals surface area contributed by atoms with Crippen LogP contribution >= 0.6 is 0 Å². The fraction of sp³-hybridized carbons (Fsp3) is 0.462. The summed E-state index contributed by atoms with van der Waals surface area (Å²) in [4.78, 5) is 31.4. The monoisotopic (exact) mass is 556 g/mol. The third-order valence-electron chi connectivity index (χ3n) is 6.34. The highest BCUT2D eigenvalue weighted by Gasteiger charge is 2.32. The van der Waals surface area contributed by atoms with Crippen LogP contribution in [0.3, 0.4) is 0 Å². The summed E-state index contributed by atoms with van der Waals surface area (Å²) in [6.45, 7) is 0.782. The lowest BCUT2D eigenvalue weighted by molar-refractivity contribution is 0.0657. The highest BCUT2D eigenvalue weighted by atomic mass is 19.1. The summed E-state index contributed by atoms with van der Waals surface area (Å²) < 4.78 is 37.6. The van der Waals surface area contributed by atoms with E-state index in [-0.39, 0.29) is 26.3 Å². The number of halogens is 2. The maximum absolute atomic E-state index is 13.7. The van der Waals surface area contributed by atoms with Gasteiger partial charge in [0.2, 0.25) is 0 Å². The highest BCUT2D eigenvalue weighted by molar-refractivity contribution is 5.68. The Morgan fingerprint density at radius 3 is 1.45 bits per heavy atom. The molecule has 0 spiro atoms. The molecule has 0 aliphatic carbocycles. The van der Waals surface area contributed by atoms with Crippen molar-refractivity contribution in [2.24, 2.45) is 10.2 Å². The first-order valence-electron chi connectivity index (χ1n) is 12.7. The minimum absolute atomic E-state index is 0.0999. The summed E-state index contributed by atoms with van der Waals surface area (Å²) >= 11 is 0. The largest absolute Gasteiger partial charge is 0.445 e. The lowest BCUT2D eigenvalue weighted by atomic mass is 10.0. The zero-order valence-corrected chi connectivity index (χ0v) is 21.7. The van der Waals surface area contributed by atoms with Crippen molar-refractivity contribution in [1.29, 1.82) is 0 Å². The predicted octanol–water partition coefficient (Wildman–Crippen LogP) is 6.09. The third-order valence-corrected chi connectivity index (χ3v) is 6.34. The molecule has 0 N–H and O–H groups in total. The van der Waals surface area contributed by atoms with Crippen LogP contribution in [0.1, 0.15) is 24.0 Å². The average molecular weight is 557 g/mol. The molecule has 12 nitrogen and oxygen atoms in total. The molecule has 0 aromatic heterocycles. The van der Waals surface area contributed by atoms with E-state index in [1.54, 1.807) is 0 Å². The molecule has 4 rings (SSSR count). The summed E-state index contributed by atoms with van der Waals surface area (Å²) in [6.07, 6.45) is -3.16. The molecule has 2 saturated heterocycles. The highest BCUT2D eigenvalue weighted by Crippen LogP contribution is 2.20. The molecular weight excluding hydrogens is 526 g/mol. The van der Waals surface area contributed by atoms with Gasteiger partial charge in [-0.15, -0.1) is 0 Å². The summed E-state index contributed by atoms with van der Waals surface area (Å²) in [5.74, 6) is 0. The zero-order chi connectivity index (χ0) is 28.7. The number of likely N-dealkylation sites (tertiary alicyclic amines) is 2. The van der Waals surface area contributed by atoms with Crippen LogP contribution in [0.2, 0.25) is 0 Å². The van der Waals surface area contributed by atoms with E-state index in [9.17, 15) is 18.4 Å². The fourth-order valence-corrected chi connectivity index (χ4v) is 4.13. The number of carbonyl (C=O) groups excluding carboxylic acids is 2. The van der Waals surface area contributed by atoms with E-state index in [4.69, 9.17) is 20.5 Å². The minimum Gasteiger partial charge on any atom is -0.445 e. The van der Waals surface area contributed by atoms with Crippen molar-refractivity contribution in [3.05, 3.63) is 92.7 Å². The molecule has 2 aliphatic heterocycles. The molecule has 2 aromatic carbocycles. The van der Waals surface area contributed by atoms with Crippen molar-refractivity contribution in [2.45, 2.75) is 50.5 Å². The van der Waals surface area contributed by atoms with Crippen LogP contribution in [-0.4, -0.2) is 72.6 Å². The van der Waals surface area contributed by atoms with Gasteiger partial charge < -0.3 is 19.3 Å². The Morgan fingerprint density at radius 1 is 0.750 bits per heavy atom. The average Bonchev–Trinajstić information content (AvgIpc) is 2.98. The normalized spacial score (nSPS) is 21.9. The first-order valence-corrected chi connectivity index (χ1v) is 12.7. The van der Waals surface area contributed by atoms with E-state index in [1.165, 1.54) is 9.80 Å². The van der Waals surface area contributed by atoms with Gasteiger partial charge in [-0.25, -0.2) is 18.4 Å². The molecule has 14 heteroatoms. The van der Waals surface area contributed by atoms with Crippen molar-refractivity contribution in [3.8, 4) is 0 Å². The Kier molecular flexibility index (Phi) is 11.8. The van der Waals surface area contributed by atoms with Crippen molar-refractivity contribution < 1.29 is 27.8 Å². The quantitative estimate of drug-likeness (QED) is 0.239. The molecule has 0 unspecified atom stereocenters. The first kappa shape index (κ1) is 30.0. The van der Waals surface area contributed by atoms with E-state index >= 15 is 0 Å². The number of ether oxygens (including phenoxy) is 2. The van der Waals surface area contributed by atoms with Gasteiger partial charge in [0, 0.05) is 22.9 Å². The molecule has 2 fully saturated rings. The van der Waals surface area contributed by atoms with Crippen molar-refractivity contribution in [1.82, 2.24) is 9.80 Å². The van der Waals surface area contributed by atoms with Gasteiger partial charge in [0.25, 0.3) is 0 Å². The first-order chi connectivity index (χ1) is 19.4. The molecular formula is C26H30F2N8O4. The standard InChI is InChI=1S/2C13H15FN4O2/c2*14-11-8-18(7-6-12(11)16-17-15)13(19)20-9-10-4-2-1-3-5-10/h2*1-5,11-12H,6-9H2/t2*11-,12-/m10/s1. The number of benzene rings is 2. The van der Waals surface area contributed by atoms with Gasteiger partial charge in [0.15, 0.2) is 0 Å². The second-order valence-corrected chi connectivity index (χ2v) is 9.13. The molecule has 0 saturated carbocycles. The van der Waals surface area contributed by atoms with Gasteiger partial charge in [0.05, 0.1) is 25.2 Å². The predicted molar refractivity (Wildman–Crippen MR) is 141 cm³/mol. The number of alkyl halides is 2. The van der Waals surface area contributed by atoms with Crippen molar-refractivity contribution >= 4 is 12.2 Å². The van der Waals surface area contributed by atoms with Crippen LogP contribution in [0.4, 0.5) is 18.4 Å². The maximum Gasteiger partial charge on any atom is 0.410 e. The summed E-state index contributed by atoms with van der Waals surface area (Å²) in [5, 5.41) is 6.76. The maximum atomic E-state index is 13.7. The molecule has 40 heavy (non-hydrogen) atoms. The van der Waals surface area contributed by atoms with Crippen LogP contribution in [0.15, 0.2) is 70.9 Å². The molecule has 0 radical (unpaired) electrons. The number of piperidine rings is 2. The summed E-state index contributed by atoms with van der Waals surface area (Å²) in [5.41, 5.74) is 18.4. The molecule has 2 amide bonds. The fourth-order valence-electron chi connectivity index (χ4n) is 4.13. The summed E-state index contributed by atoms with van der Waals surface area (Å²) in [6, 6.07) is 17.2. The number of carbonyl (C=O) groups is 2. The SMILES string of the molecule is [N-]=[N+]=N[C@@H]1CCN(C(=O)OCc2ccccc2)C[C@H]1F.[N-]=[N+]=N[C@H]1CCN(C(=O)OCc2ccccc2)C[C@@H]1F. The molecule has 2 heterocycles. The van der Waals surface area contributed by atoms with Gasteiger partial charge in [0.1, 0.15) is 25.6 Å². The van der Waals surface area contributed by atoms with Gasteiger partial charge in [-0.3, -0.25) is 0 Å². The molecule has 2 aliphatic rings. The van der Waals surface area contributed by atoms with Crippen LogP contribution in [-0.2, 0) is 22.7 Å². The zero-order valence-electron chi connectivity index (χ0n) is 21.7. The van der Waals surface area contributed by atoms with Crippen LogP contribution in [0, 0.1) is 0 Å². The molecule has 0 bridgehead atoms. The molecule has 2 aromatic rings. The number of rotatable bonds is 6. The lowest BCUT2D eigenvalue weighted by Crippen LogP contribution is -2.46. The van der Waals surface area contributed by atoms with E-state index in [2.05, 4.69) is 20.1 Å². The number of hydrogen-bond donors (Lipinski definition) is 0. The van der Waals surface area contributed by atoms with Gasteiger partial charge >= 0.3 is 12.2 Å². The Balaban J connectivity index is 0.000000220. The topological polar surface area (TPSA) is 157 Å². The van der Waals surface area contributed by atoms with E-state index < -0.39 is 36.6 Å². The van der Waals surface area contributed by atoms with Crippen LogP contribution < -0.4 is 0 Å². The number of hydrogen-bond acceptors (Lipinski definition) is 6. The van der Waals surface area contributed by atoms with Crippen LogP contribution in [0.25, 0.3) is 20.9 Å². The van der Waals surface area contributed by atoms with Gasteiger partial charge in [-0.05, 0) is 35.0 Å². The molecule has 212 valence electrons. The van der Waals surface area contributed by atoms with E-state index in [0.717, 1.165) is 11.1 Å². The Labute approximate surface area is 229 Å². The van der Waals surface area contributed by atoms with E-state index in [1.807, 2.05) is 60.7 Å². The second-order valence-electron chi connectivity index (χ2n) is 9.13. The Morgan fingerprint density at radius 2 is 1.12 bits per heavy atom. The number of nitrogens with zero attached hydrogens (tertiary/aromatic N) is 8.